The van der Waals surface area contributed by atoms with E-state index < -0.39 is 0 Å². The Morgan fingerprint density at radius 1 is 1.06 bits per heavy atom. The summed E-state index contributed by atoms with van der Waals surface area (Å²) in [7, 11) is 0. The van der Waals surface area contributed by atoms with Crippen molar-refractivity contribution in [2.75, 3.05) is 11.9 Å². The van der Waals surface area contributed by atoms with Gasteiger partial charge < -0.3 is 14.2 Å². The van der Waals surface area contributed by atoms with E-state index in [0.717, 1.165) is 11.3 Å². The molecule has 0 aliphatic rings. The van der Waals surface area contributed by atoms with Crippen LogP contribution in [0.2, 0.25) is 0 Å². The lowest BCUT2D eigenvalue weighted by Gasteiger charge is -2.20. The molecule has 8 heteroatoms. The Kier molecular flexibility index (Phi) is 6.43. The summed E-state index contributed by atoms with van der Waals surface area (Å²) >= 11 is 0. The summed E-state index contributed by atoms with van der Waals surface area (Å²) in [4.78, 5) is 15.0. The third-order valence-electron chi connectivity index (χ3n) is 5.45. The van der Waals surface area contributed by atoms with E-state index in [-0.39, 0.29) is 18.3 Å². The highest BCUT2D eigenvalue weighted by molar-refractivity contribution is 5.93. The number of rotatable bonds is 8. The predicted octanol–water partition coefficient (Wildman–Crippen LogP) is 4.93. The monoisotopic (exact) mass is 446 g/mol. The lowest BCUT2D eigenvalue weighted by atomic mass is 10.2. The first-order valence-corrected chi connectivity index (χ1v) is 10.4. The fourth-order valence-electron chi connectivity index (χ4n) is 3.76. The van der Waals surface area contributed by atoms with Gasteiger partial charge in [0.1, 0.15) is 29.2 Å². The molecule has 33 heavy (non-hydrogen) atoms. The molecule has 4 aromatic rings. The zero-order valence-electron chi connectivity index (χ0n) is 18.3. The molecule has 0 unspecified atom stereocenters. The minimum absolute atomic E-state index is 0.0406. The molecule has 0 radical (unpaired) electrons. The Balaban J connectivity index is 1.60. The molecule has 168 valence electrons. The summed E-state index contributed by atoms with van der Waals surface area (Å²) in [5, 5.41) is 12.7. The Morgan fingerprint density at radius 2 is 1.67 bits per heavy atom. The molecule has 3 aromatic heterocycles. The largest absolute Gasteiger partial charge is 0.468 e. The first-order chi connectivity index (χ1) is 16.0. The van der Waals surface area contributed by atoms with E-state index in [9.17, 15) is 14.4 Å². The highest BCUT2D eigenvalue weighted by Crippen LogP contribution is 2.30. The van der Waals surface area contributed by atoms with Crippen LogP contribution in [0.1, 0.15) is 28.3 Å². The van der Waals surface area contributed by atoms with E-state index in [1.54, 1.807) is 41.4 Å². The number of aromatic nitrogens is 1. The lowest BCUT2D eigenvalue weighted by molar-refractivity contribution is -0.117. The second kappa shape index (κ2) is 9.59. The molecule has 3 heterocycles. The number of hydrogen-bond acceptors (Lipinski definition) is 5. The normalized spacial score (nSPS) is 11.0. The van der Waals surface area contributed by atoms with E-state index in [1.807, 2.05) is 30.9 Å². The van der Waals surface area contributed by atoms with E-state index in [2.05, 4.69) is 11.4 Å². The van der Waals surface area contributed by atoms with Gasteiger partial charge in [-0.15, -0.1) is 0 Å². The number of nitriles is 1. The first kappa shape index (κ1) is 22.1. The number of hydrogen-bond donors (Lipinski definition) is 1. The van der Waals surface area contributed by atoms with Gasteiger partial charge in [-0.25, -0.2) is 4.39 Å². The molecule has 0 aliphatic heterocycles. The van der Waals surface area contributed by atoms with Gasteiger partial charge in [0.15, 0.2) is 0 Å². The van der Waals surface area contributed by atoms with E-state index in [0.29, 0.717) is 41.7 Å². The van der Waals surface area contributed by atoms with E-state index >= 15 is 0 Å². The second-order valence-corrected chi connectivity index (χ2v) is 7.71. The molecule has 1 aromatic carbocycles. The summed E-state index contributed by atoms with van der Waals surface area (Å²) in [6.45, 7) is 4.53. The number of amides is 1. The Morgan fingerprint density at radius 3 is 2.18 bits per heavy atom. The average Bonchev–Trinajstić information content (AvgIpc) is 3.53. The van der Waals surface area contributed by atoms with Crippen molar-refractivity contribution in [2.45, 2.75) is 26.9 Å². The van der Waals surface area contributed by atoms with Gasteiger partial charge in [0.25, 0.3) is 0 Å². The number of carbonyl (C=O) groups is 1. The zero-order chi connectivity index (χ0) is 23.4. The summed E-state index contributed by atoms with van der Waals surface area (Å²) < 4.78 is 26.1. The highest BCUT2D eigenvalue weighted by atomic mass is 19.1. The quantitative estimate of drug-likeness (QED) is 0.415. The molecule has 4 rings (SSSR count). The summed E-state index contributed by atoms with van der Waals surface area (Å²) in [5.41, 5.74) is 2.56. The van der Waals surface area contributed by atoms with Crippen LogP contribution in [0.25, 0.3) is 5.69 Å². The average molecular weight is 446 g/mol. The molecule has 0 fully saturated rings. The Hall–Kier alpha value is -4.09. The maximum absolute atomic E-state index is 13.5. The fourth-order valence-corrected chi connectivity index (χ4v) is 3.76. The van der Waals surface area contributed by atoms with Crippen molar-refractivity contribution < 1.29 is 18.0 Å². The van der Waals surface area contributed by atoms with Gasteiger partial charge in [-0.3, -0.25) is 14.3 Å². The van der Waals surface area contributed by atoms with E-state index in [1.165, 1.54) is 12.1 Å². The van der Waals surface area contributed by atoms with Crippen molar-refractivity contribution >= 4 is 11.7 Å². The van der Waals surface area contributed by atoms with Crippen LogP contribution in [-0.2, 0) is 17.9 Å². The van der Waals surface area contributed by atoms with Crippen molar-refractivity contribution in [1.82, 2.24) is 9.47 Å². The van der Waals surface area contributed by atoms with Gasteiger partial charge in [0.05, 0.1) is 37.7 Å². The number of anilines is 1. The van der Waals surface area contributed by atoms with E-state index in [4.69, 9.17) is 8.83 Å². The van der Waals surface area contributed by atoms with Crippen LogP contribution >= 0.6 is 0 Å². The van der Waals surface area contributed by atoms with Gasteiger partial charge >= 0.3 is 0 Å². The molecule has 0 saturated heterocycles. The summed E-state index contributed by atoms with van der Waals surface area (Å²) in [6, 6.07) is 15.4. The molecular formula is C25H23FN4O3. The van der Waals surface area contributed by atoms with Gasteiger partial charge in [-0.05, 0) is 67.9 Å². The molecule has 0 bridgehead atoms. The van der Waals surface area contributed by atoms with Crippen molar-refractivity contribution in [3.63, 3.8) is 0 Å². The number of nitrogens with one attached hydrogen (secondary N) is 1. The molecule has 7 nitrogen and oxygen atoms in total. The molecule has 1 amide bonds. The minimum atomic E-state index is -0.363. The van der Waals surface area contributed by atoms with Crippen LogP contribution in [-0.4, -0.2) is 21.9 Å². The molecular weight excluding hydrogens is 423 g/mol. The fraction of sp³-hybridized carbons (Fsp3) is 0.200. The first-order valence-electron chi connectivity index (χ1n) is 10.4. The number of halogens is 1. The molecule has 0 saturated carbocycles. The van der Waals surface area contributed by atoms with Crippen LogP contribution in [0.4, 0.5) is 10.2 Å². The Bertz CT molecular complexity index is 1230. The Labute approximate surface area is 190 Å². The lowest BCUT2D eigenvalue weighted by Crippen LogP contribution is -2.33. The summed E-state index contributed by atoms with van der Waals surface area (Å²) in [6.07, 6.45) is 3.17. The SMILES string of the molecule is Cc1c(C#N)c(NC(=O)CN(Cc2ccco2)Cc2ccco2)n(-c2ccc(F)cc2)c1C. The second-order valence-electron chi connectivity index (χ2n) is 7.71. The van der Waals surface area contributed by atoms with Crippen molar-refractivity contribution in [3.05, 3.63) is 95.2 Å². The maximum Gasteiger partial charge on any atom is 0.239 e. The van der Waals surface area contributed by atoms with Gasteiger partial charge in [-0.1, -0.05) is 0 Å². The molecule has 0 atom stereocenters. The molecule has 0 aliphatic carbocycles. The van der Waals surface area contributed by atoms with Crippen LogP contribution in [0, 0.1) is 31.0 Å². The van der Waals surface area contributed by atoms with Crippen LogP contribution in [0.5, 0.6) is 0 Å². The van der Waals surface area contributed by atoms with Crippen LogP contribution in [0.3, 0.4) is 0 Å². The highest BCUT2D eigenvalue weighted by Gasteiger charge is 2.22. The maximum atomic E-state index is 13.5. The van der Waals surface area contributed by atoms with Crippen LogP contribution < -0.4 is 5.32 Å². The van der Waals surface area contributed by atoms with Crippen molar-refractivity contribution in [2.24, 2.45) is 0 Å². The molecule has 1 N–H and O–H groups in total. The van der Waals surface area contributed by atoms with Gasteiger partial charge in [0, 0.05) is 11.4 Å². The van der Waals surface area contributed by atoms with Crippen molar-refractivity contribution in [1.29, 1.82) is 5.26 Å². The minimum Gasteiger partial charge on any atom is -0.468 e. The standard InChI is InChI=1S/C25H23FN4O3/c1-17-18(2)30(20-9-7-19(26)8-10-20)25(23(17)13-27)28-24(31)16-29(14-21-5-3-11-32-21)15-22-6-4-12-33-22/h3-12H,14-16H2,1-2H3,(H,28,31). The molecule has 0 spiro atoms. The number of carbonyl (C=O) groups excluding carboxylic acids is 1. The number of furan rings is 2. The van der Waals surface area contributed by atoms with Gasteiger partial charge in [-0.2, -0.15) is 5.26 Å². The predicted molar refractivity (Wildman–Crippen MR) is 120 cm³/mol. The third-order valence-corrected chi connectivity index (χ3v) is 5.45. The zero-order valence-corrected chi connectivity index (χ0v) is 18.3. The van der Waals surface area contributed by atoms with Crippen molar-refractivity contribution in [3.8, 4) is 11.8 Å². The topological polar surface area (TPSA) is 87.3 Å². The van der Waals surface area contributed by atoms with Gasteiger partial charge in [0.2, 0.25) is 5.91 Å². The summed E-state index contributed by atoms with van der Waals surface area (Å²) in [5.74, 6) is 1.13. The number of benzene rings is 1. The smallest absolute Gasteiger partial charge is 0.239 e. The third kappa shape index (κ3) is 4.89. The number of nitrogens with zero attached hydrogens (tertiary/aromatic N) is 3. The van der Waals surface area contributed by atoms with Crippen LogP contribution in [0.15, 0.2) is 69.9 Å².